The summed E-state index contributed by atoms with van der Waals surface area (Å²) in [5.74, 6) is -0.0571. The van der Waals surface area contributed by atoms with Gasteiger partial charge in [-0.05, 0) is 42.8 Å². The summed E-state index contributed by atoms with van der Waals surface area (Å²) >= 11 is 0. The first-order chi connectivity index (χ1) is 11.0. The molecule has 0 unspecified atom stereocenters. The van der Waals surface area contributed by atoms with Gasteiger partial charge in [-0.25, -0.2) is 12.4 Å². The Morgan fingerprint density at radius 1 is 1.00 bits per heavy atom. The van der Waals surface area contributed by atoms with Crippen LogP contribution in [0.3, 0.4) is 0 Å². The molecule has 3 rings (SSSR count). The fourth-order valence-electron chi connectivity index (χ4n) is 2.43. The van der Waals surface area contributed by atoms with Gasteiger partial charge in [0.25, 0.3) is 10.0 Å². The zero-order valence-corrected chi connectivity index (χ0v) is 13.3. The lowest BCUT2D eigenvalue weighted by atomic mass is 10.1. The number of hydrogen-bond donors (Lipinski definition) is 0. The van der Waals surface area contributed by atoms with Crippen molar-refractivity contribution in [1.29, 1.82) is 0 Å². The van der Waals surface area contributed by atoms with Crippen molar-refractivity contribution in [3.63, 3.8) is 0 Å². The summed E-state index contributed by atoms with van der Waals surface area (Å²) < 4.78 is 26.8. The maximum Gasteiger partial charge on any atom is 0.268 e. The minimum atomic E-state index is -3.64. The number of hydrogen-bond acceptors (Lipinski definition) is 3. The molecule has 116 valence electrons. The Bertz CT molecular complexity index is 999. The molecule has 4 nitrogen and oxygen atoms in total. The van der Waals surface area contributed by atoms with Crippen LogP contribution in [0, 0.1) is 0 Å². The molecule has 0 fully saturated rings. The minimum absolute atomic E-state index is 0.0571. The number of fused-ring (bicyclic) bond motifs is 1. The number of nitrogens with zero attached hydrogens (tertiary/aromatic N) is 1. The Labute approximate surface area is 134 Å². The number of allylic oxidation sites excluding steroid dienone is 1. The molecule has 0 saturated carbocycles. The van der Waals surface area contributed by atoms with Gasteiger partial charge in [-0.2, -0.15) is 0 Å². The highest BCUT2D eigenvalue weighted by Crippen LogP contribution is 2.25. The second-order valence-corrected chi connectivity index (χ2v) is 6.97. The number of ketones is 1. The molecule has 0 bridgehead atoms. The highest BCUT2D eigenvalue weighted by atomic mass is 32.2. The summed E-state index contributed by atoms with van der Waals surface area (Å²) in [5.41, 5.74) is 1.39. The lowest BCUT2D eigenvalue weighted by Crippen LogP contribution is -2.11. The quantitative estimate of drug-likeness (QED) is 0.690. The smallest absolute Gasteiger partial charge is 0.268 e. The van der Waals surface area contributed by atoms with Crippen LogP contribution in [-0.2, 0) is 14.8 Å². The first-order valence-corrected chi connectivity index (χ1v) is 8.53. The lowest BCUT2D eigenvalue weighted by molar-refractivity contribution is -0.112. The summed E-state index contributed by atoms with van der Waals surface area (Å²) in [6.45, 7) is 1.47. The van der Waals surface area contributed by atoms with Crippen molar-refractivity contribution in [2.45, 2.75) is 11.8 Å². The Hall–Kier alpha value is -2.66. The molecule has 0 atom stereocenters. The normalized spacial score (nSPS) is 12.0. The molecule has 1 heterocycles. The first kappa shape index (κ1) is 15.2. The molecule has 23 heavy (non-hydrogen) atoms. The maximum absolute atomic E-state index is 12.8. The Morgan fingerprint density at radius 3 is 2.43 bits per heavy atom. The molecular formula is C18H15NO3S. The van der Waals surface area contributed by atoms with Gasteiger partial charge < -0.3 is 0 Å². The van der Waals surface area contributed by atoms with Crippen LogP contribution in [0.1, 0.15) is 12.5 Å². The highest BCUT2D eigenvalue weighted by Gasteiger charge is 2.18. The second kappa shape index (κ2) is 5.85. The van der Waals surface area contributed by atoms with Crippen LogP contribution in [-0.4, -0.2) is 18.2 Å². The van der Waals surface area contributed by atoms with Gasteiger partial charge in [0.05, 0.1) is 10.4 Å². The largest absolute Gasteiger partial charge is 0.295 e. The third-order valence-electron chi connectivity index (χ3n) is 3.53. The van der Waals surface area contributed by atoms with E-state index >= 15 is 0 Å². The van der Waals surface area contributed by atoms with Crippen molar-refractivity contribution >= 4 is 32.8 Å². The van der Waals surface area contributed by atoms with Crippen LogP contribution in [0.5, 0.6) is 0 Å². The average Bonchev–Trinajstić information content (AvgIpc) is 2.99. The zero-order chi connectivity index (χ0) is 16.4. The van der Waals surface area contributed by atoms with E-state index in [0.29, 0.717) is 5.52 Å². The topological polar surface area (TPSA) is 56.1 Å². The third kappa shape index (κ3) is 2.83. The molecule has 3 aromatic rings. The van der Waals surface area contributed by atoms with E-state index in [-0.39, 0.29) is 10.7 Å². The van der Waals surface area contributed by atoms with Gasteiger partial charge in [0, 0.05) is 11.6 Å². The number of aromatic nitrogens is 1. The van der Waals surface area contributed by atoms with Gasteiger partial charge in [0.1, 0.15) is 0 Å². The SMILES string of the molecule is CC(=O)/C=C/c1cccc2c1ccn2S(=O)(=O)c1ccccc1. The molecule has 0 saturated heterocycles. The van der Waals surface area contributed by atoms with E-state index in [9.17, 15) is 13.2 Å². The number of carbonyl (C=O) groups excluding carboxylic acids is 1. The van der Waals surface area contributed by atoms with Crippen LogP contribution >= 0.6 is 0 Å². The van der Waals surface area contributed by atoms with Crippen molar-refractivity contribution in [2.75, 3.05) is 0 Å². The molecule has 5 heteroatoms. The summed E-state index contributed by atoms with van der Waals surface area (Å²) in [6.07, 6.45) is 4.71. The number of carbonyl (C=O) groups is 1. The van der Waals surface area contributed by atoms with E-state index in [0.717, 1.165) is 10.9 Å². The van der Waals surface area contributed by atoms with E-state index in [1.807, 2.05) is 6.07 Å². The van der Waals surface area contributed by atoms with Gasteiger partial charge >= 0.3 is 0 Å². The monoisotopic (exact) mass is 325 g/mol. The van der Waals surface area contributed by atoms with Crippen LogP contribution in [0.15, 0.2) is 71.8 Å². The van der Waals surface area contributed by atoms with Crippen LogP contribution in [0.4, 0.5) is 0 Å². The van der Waals surface area contributed by atoms with E-state index in [2.05, 4.69) is 0 Å². The van der Waals surface area contributed by atoms with Gasteiger partial charge in [0.15, 0.2) is 5.78 Å². The predicted molar refractivity (Wildman–Crippen MR) is 90.7 cm³/mol. The lowest BCUT2D eigenvalue weighted by Gasteiger charge is -2.07. The molecule has 0 aliphatic heterocycles. The predicted octanol–water partition coefficient (Wildman–Crippen LogP) is 3.48. The highest BCUT2D eigenvalue weighted by molar-refractivity contribution is 7.90. The van der Waals surface area contributed by atoms with Crippen molar-refractivity contribution in [3.05, 3.63) is 72.4 Å². The number of benzene rings is 2. The third-order valence-corrected chi connectivity index (χ3v) is 5.23. The molecule has 2 aromatic carbocycles. The van der Waals surface area contributed by atoms with Crippen molar-refractivity contribution < 1.29 is 13.2 Å². The summed E-state index contributed by atoms with van der Waals surface area (Å²) in [4.78, 5) is 11.4. The Balaban J connectivity index is 2.18. The van der Waals surface area contributed by atoms with Gasteiger partial charge in [-0.3, -0.25) is 4.79 Å². The first-order valence-electron chi connectivity index (χ1n) is 7.09. The fourth-order valence-corrected chi connectivity index (χ4v) is 3.80. The molecule has 0 spiro atoms. The molecule has 0 radical (unpaired) electrons. The zero-order valence-electron chi connectivity index (χ0n) is 12.5. The van der Waals surface area contributed by atoms with Crippen LogP contribution in [0.25, 0.3) is 17.0 Å². The molecule has 1 aromatic heterocycles. The molecule has 0 aliphatic carbocycles. The van der Waals surface area contributed by atoms with Gasteiger partial charge in [0.2, 0.25) is 0 Å². The molecular weight excluding hydrogens is 310 g/mol. The second-order valence-electron chi connectivity index (χ2n) is 5.15. The molecule has 0 amide bonds. The van der Waals surface area contributed by atoms with E-state index in [4.69, 9.17) is 0 Å². The Kier molecular flexibility index (Phi) is 3.88. The fraction of sp³-hybridized carbons (Fsp3) is 0.0556. The maximum atomic E-state index is 12.8. The van der Waals surface area contributed by atoms with E-state index in [1.54, 1.807) is 54.6 Å². The minimum Gasteiger partial charge on any atom is -0.295 e. The van der Waals surface area contributed by atoms with Gasteiger partial charge in [-0.1, -0.05) is 36.4 Å². The van der Waals surface area contributed by atoms with Crippen molar-refractivity contribution in [3.8, 4) is 0 Å². The van der Waals surface area contributed by atoms with Gasteiger partial charge in [-0.15, -0.1) is 0 Å². The summed E-state index contributed by atoms with van der Waals surface area (Å²) in [6, 6.07) is 15.4. The van der Waals surface area contributed by atoms with Crippen molar-refractivity contribution in [1.82, 2.24) is 3.97 Å². The van der Waals surface area contributed by atoms with Crippen LogP contribution in [0.2, 0.25) is 0 Å². The molecule has 0 aliphatic rings. The standard InChI is InChI=1S/C18H15NO3S/c1-14(20)10-11-15-6-5-9-18-17(15)12-13-19(18)23(21,22)16-7-3-2-4-8-16/h2-13H,1H3/b11-10+. The summed E-state index contributed by atoms with van der Waals surface area (Å²) in [7, 11) is -3.64. The van der Waals surface area contributed by atoms with Crippen molar-refractivity contribution in [2.24, 2.45) is 0 Å². The van der Waals surface area contributed by atoms with E-state index < -0.39 is 10.0 Å². The Morgan fingerprint density at radius 2 is 1.74 bits per heavy atom. The van der Waals surface area contributed by atoms with Crippen LogP contribution < -0.4 is 0 Å². The van der Waals surface area contributed by atoms with E-state index in [1.165, 1.54) is 23.2 Å². The average molecular weight is 325 g/mol. The summed E-state index contributed by atoms with van der Waals surface area (Å²) in [5, 5.41) is 0.782. The molecule has 0 N–H and O–H groups in total. The number of rotatable bonds is 4.